The van der Waals surface area contributed by atoms with Gasteiger partial charge in [0.15, 0.2) is 5.82 Å². The normalized spacial score (nSPS) is 15.7. The zero-order valence-corrected chi connectivity index (χ0v) is 20.5. The molecule has 3 aromatic heterocycles. The molecule has 0 atom stereocenters. The summed E-state index contributed by atoms with van der Waals surface area (Å²) in [7, 11) is 1.42. The van der Waals surface area contributed by atoms with Crippen LogP contribution in [0.5, 0.6) is 5.88 Å². The smallest absolute Gasteiger partial charge is 0.274 e. The van der Waals surface area contributed by atoms with Crippen LogP contribution in [0.4, 0.5) is 5.69 Å². The van der Waals surface area contributed by atoms with E-state index in [-0.39, 0.29) is 50.7 Å². The van der Waals surface area contributed by atoms with Crippen molar-refractivity contribution < 1.29 is 14.3 Å². The third kappa shape index (κ3) is 3.95. The molecule has 37 heavy (non-hydrogen) atoms. The van der Waals surface area contributed by atoms with E-state index >= 15 is 0 Å². The van der Waals surface area contributed by atoms with Gasteiger partial charge >= 0.3 is 0 Å². The SMILES string of the molecule is COc1cc(C(=O)Nc2c(C#N)cc3cn[nH]c3c2C(=O)NC2(C3CC3)CC2)n(-c2ncccc2Cl)n1. The first-order valence-electron chi connectivity index (χ1n) is 11.7. The molecule has 2 fully saturated rings. The fourth-order valence-electron chi connectivity index (χ4n) is 4.73. The van der Waals surface area contributed by atoms with Crippen LogP contribution in [0.2, 0.25) is 5.02 Å². The molecular weight excluding hydrogens is 496 g/mol. The number of halogens is 1. The molecule has 0 bridgehead atoms. The number of H-pyrrole nitrogens is 1. The highest BCUT2D eigenvalue weighted by atomic mass is 35.5. The van der Waals surface area contributed by atoms with Gasteiger partial charge in [-0.2, -0.15) is 10.4 Å². The highest BCUT2D eigenvalue weighted by Crippen LogP contribution is 2.54. The van der Waals surface area contributed by atoms with Gasteiger partial charge in [0.05, 0.1) is 40.7 Å². The second kappa shape index (κ2) is 8.60. The Morgan fingerprint density at radius 3 is 2.78 bits per heavy atom. The van der Waals surface area contributed by atoms with Crippen LogP contribution in [0.3, 0.4) is 0 Å². The lowest BCUT2D eigenvalue weighted by Gasteiger charge is -2.19. The van der Waals surface area contributed by atoms with Crippen LogP contribution in [-0.4, -0.2) is 49.4 Å². The molecule has 2 amide bonds. The number of aromatic amines is 1. The highest BCUT2D eigenvalue weighted by Gasteiger charge is 2.55. The van der Waals surface area contributed by atoms with Gasteiger partial charge in [0.2, 0.25) is 5.88 Å². The number of carbonyl (C=O) groups is 2. The van der Waals surface area contributed by atoms with E-state index in [1.807, 2.05) is 0 Å². The van der Waals surface area contributed by atoms with Crippen molar-refractivity contribution in [2.45, 2.75) is 31.2 Å². The summed E-state index contributed by atoms with van der Waals surface area (Å²) < 4.78 is 6.48. The minimum Gasteiger partial charge on any atom is -0.480 e. The average Bonchev–Trinajstić information content (AvgIpc) is 3.80. The van der Waals surface area contributed by atoms with Crippen molar-refractivity contribution in [2.75, 3.05) is 12.4 Å². The zero-order valence-electron chi connectivity index (χ0n) is 19.7. The number of nitrogens with one attached hydrogen (secondary N) is 3. The minimum atomic E-state index is -0.634. The monoisotopic (exact) mass is 516 g/mol. The third-order valence-corrected chi connectivity index (χ3v) is 7.20. The van der Waals surface area contributed by atoms with Crippen LogP contribution in [0.25, 0.3) is 16.7 Å². The van der Waals surface area contributed by atoms with Gasteiger partial charge < -0.3 is 15.4 Å². The highest BCUT2D eigenvalue weighted by molar-refractivity contribution is 6.32. The molecule has 0 saturated heterocycles. The molecule has 3 N–H and O–H groups in total. The standard InChI is InChI=1S/C25H21ClN8O3/c1-37-18-10-17(34(33-18)22-16(26)3-2-8-28-22)23(35)30-20-13(11-27)9-14-12-29-32-21(14)19(20)24(36)31-25(6-7-25)15-4-5-15/h2-3,8-10,12,15H,4-7H2,1H3,(H,29,32)(H,30,35)(H,31,36). The molecule has 6 rings (SSSR count). The number of pyridine rings is 1. The predicted molar refractivity (Wildman–Crippen MR) is 134 cm³/mol. The van der Waals surface area contributed by atoms with Crippen LogP contribution >= 0.6 is 11.6 Å². The first-order chi connectivity index (χ1) is 17.9. The predicted octanol–water partition coefficient (Wildman–Crippen LogP) is 3.60. The maximum Gasteiger partial charge on any atom is 0.274 e. The van der Waals surface area contributed by atoms with E-state index in [1.165, 1.54) is 30.3 Å². The lowest BCUT2D eigenvalue weighted by atomic mass is 10.0. The Kier molecular flexibility index (Phi) is 5.35. The number of fused-ring (bicyclic) bond motifs is 1. The van der Waals surface area contributed by atoms with Gasteiger partial charge in [-0.05, 0) is 49.8 Å². The van der Waals surface area contributed by atoms with Crippen LogP contribution in [-0.2, 0) is 0 Å². The number of hydrogen-bond donors (Lipinski definition) is 3. The maximum absolute atomic E-state index is 13.7. The number of carbonyl (C=O) groups excluding carboxylic acids is 2. The first-order valence-corrected chi connectivity index (χ1v) is 12.1. The summed E-state index contributed by atoms with van der Waals surface area (Å²) in [5, 5.41) is 27.9. The molecule has 12 heteroatoms. The number of ether oxygens (including phenoxy) is 1. The number of hydrogen-bond acceptors (Lipinski definition) is 7. The molecule has 4 aromatic rings. The third-order valence-electron chi connectivity index (χ3n) is 6.90. The van der Waals surface area contributed by atoms with E-state index in [1.54, 1.807) is 18.2 Å². The Balaban J connectivity index is 1.43. The molecule has 0 unspecified atom stereocenters. The Morgan fingerprint density at radius 1 is 1.30 bits per heavy atom. The summed E-state index contributed by atoms with van der Waals surface area (Å²) in [6.07, 6.45) is 7.06. The second-order valence-electron chi connectivity index (χ2n) is 9.25. The molecule has 1 aromatic carbocycles. The molecule has 2 aliphatic carbocycles. The molecule has 186 valence electrons. The number of aromatic nitrogens is 5. The van der Waals surface area contributed by atoms with Gasteiger partial charge in [-0.3, -0.25) is 14.7 Å². The largest absolute Gasteiger partial charge is 0.480 e. The van der Waals surface area contributed by atoms with Crippen molar-refractivity contribution in [3.8, 4) is 17.8 Å². The van der Waals surface area contributed by atoms with Crippen molar-refractivity contribution in [1.29, 1.82) is 5.26 Å². The summed E-state index contributed by atoms with van der Waals surface area (Å²) in [6, 6.07) is 8.38. The van der Waals surface area contributed by atoms with E-state index < -0.39 is 5.91 Å². The number of benzene rings is 1. The van der Waals surface area contributed by atoms with Crippen molar-refractivity contribution in [1.82, 2.24) is 30.3 Å². The van der Waals surface area contributed by atoms with Crippen LogP contribution in [0, 0.1) is 17.2 Å². The van der Waals surface area contributed by atoms with E-state index in [9.17, 15) is 14.9 Å². The maximum atomic E-state index is 13.7. The Bertz CT molecular complexity index is 1610. The number of nitriles is 1. The molecule has 2 aliphatic rings. The molecule has 2 saturated carbocycles. The van der Waals surface area contributed by atoms with Crippen molar-refractivity contribution in [3.63, 3.8) is 0 Å². The minimum absolute atomic E-state index is 0.0500. The number of rotatable bonds is 7. The molecular formula is C25H21ClN8O3. The Labute approximate surface area is 215 Å². The quantitative estimate of drug-likeness (QED) is 0.339. The van der Waals surface area contributed by atoms with E-state index in [0.29, 0.717) is 16.8 Å². The molecule has 0 spiro atoms. The van der Waals surface area contributed by atoms with Gasteiger partial charge in [0.1, 0.15) is 11.8 Å². The number of amides is 2. The first kappa shape index (κ1) is 23.0. The molecule has 3 heterocycles. The Hall–Kier alpha value is -4.43. The topological polar surface area (TPSA) is 151 Å². The van der Waals surface area contributed by atoms with Crippen molar-refractivity contribution in [3.05, 3.63) is 58.5 Å². The van der Waals surface area contributed by atoms with E-state index in [2.05, 4.69) is 37.0 Å². The molecule has 11 nitrogen and oxygen atoms in total. The average molecular weight is 517 g/mol. The zero-order chi connectivity index (χ0) is 25.7. The van der Waals surface area contributed by atoms with Gasteiger partial charge in [-0.1, -0.05) is 11.6 Å². The summed E-state index contributed by atoms with van der Waals surface area (Å²) in [6.45, 7) is 0. The summed E-state index contributed by atoms with van der Waals surface area (Å²) >= 11 is 6.31. The number of anilines is 1. The fraction of sp³-hybridized carbons (Fsp3) is 0.280. The number of nitrogens with zero attached hydrogens (tertiary/aromatic N) is 5. The van der Waals surface area contributed by atoms with Crippen LogP contribution in [0.1, 0.15) is 52.1 Å². The Morgan fingerprint density at radius 2 is 2.11 bits per heavy atom. The molecule has 0 radical (unpaired) electrons. The van der Waals surface area contributed by atoms with E-state index in [4.69, 9.17) is 16.3 Å². The second-order valence-corrected chi connectivity index (χ2v) is 9.66. The summed E-state index contributed by atoms with van der Waals surface area (Å²) in [5.41, 5.74) is 0.617. The van der Waals surface area contributed by atoms with Gasteiger partial charge in [-0.15, -0.1) is 5.10 Å². The van der Waals surface area contributed by atoms with Crippen LogP contribution < -0.4 is 15.4 Å². The lowest BCUT2D eigenvalue weighted by Crippen LogP contribution is -2.39. The van der Waals surface area contributed by atoms with Crippen molar-refractivity contribution in [2.24, 2.45) is 5.92 Å². The summed E-state index contributed by atoms with van der Waals surface area (Å²) in [5.74, 6) is -0.152. The van der Waals surface area contributed by atoms with Gasteiger partial charge in [-0.25, -0.2) is 9.67 Å². The fourth-order valence-corrected chi connectivity index (χ4v) is 4.93. The van der Waals surface area contributed by atoms with Gasteiger partial charge in [0.25, 0.3) is 11.8 Å². The van der Waals surface area contributed by atoms with E-state index in [0.717, 1.165) is 25.7 Å². The van der Waals surface area contributed by atoms with Gasteiger partial charge in [0, 0.05) is 23.2 Å². The number of methoxy groups -OCH3 is 1. The molecule has 0 aliphatic heterocycles. The summed E-state index contributed by atoms with van der Waals surface area (Å²) in [4.78, 5) is 31.5. The lowest BCUT2D eigenvalue weighted by molar-refractivity contribution is 0.0928. The van der Waals surface area contributed by atoms with Crippen molar-refractivity contribution >= 4 is 40.0 Å². The van der Waals surface area contributed by atoms with Crippen LogP contribution in [0.15, 0.2) is 36.7 Å².